The van der Waals surface area contributed by atoms with Crippen LogP contribution in [0.2, 0.25) is 0 Å². The van der Waals surface area contributed by atoms with E-state index in [-0.39, 0.29) is 6.03 Å². The van der Waals surface area contributed by atoms with Crippen molar-refractivity contribution < 1.29 is 19.0 Å². The van der Waals surface area contributed by atoms with Crippen LogP contribution in [0.3, 0.4) is 0 Å². The first-order valence-corrected chi connectivity index (χ1v) is 8.26. The Balaban J connectivity index is 1.43. The van der Waals surface area contributed by atoms with Crippen LogP contribution < -0.4 is 24.8 Å². The number of aryl methyl sites for hydroxylation is 2. The Morgan fingerprint density at radius 1 is 1.08 bits per heavy atom. The molecule has 0 fully saturated rings. The second-order valence-corrected chi connectivity index (χ2v) is 5.86. The molecule has 1 aliphatic heterocycles. The standard InChI is InChI=1S/C19H22N2O4/c1-13-3-5-16(14(2)11-13)23-8-7-20-19(22)21-15-4-6-17-18(12-15)25-10-9-24-17/h3-6,11-12H,7-10H2,1-2H3,(H2,20,21,22). The van der Waals surface area contributed by atoms with Gasteiger partial charge in [-0.25, -0.2) is 4.79 Å². The molecule has 1 aliphatic rings. The fourth-order valence-electron chi connectivity index (χ4n) is 2.58. The van der Waals surface area contributed by atoms with Gasteiger partial charge in [0, 0.05) is 11.8 Å². The van der Waals surface area contributed by atoms with Crippen molar-refractivity contribution in [3.63, 3.8) is 0 Å². The van der Waals surface area contributed by atoms with Crippen LogP contribution in [-0.4, -0.2) is 32.4 Å². The van der Waals surface area contributed by atoms with E-state index in [2.05, 4.69) is 16.7 Å². The molecule has 6 heteroatoms. The van der Waals surface area contributed by atoms with Crippen LogP contribution in [-0.2, 0) is 0 Å². The predicted molar refractivity (Wildman–Crippen MR) is 95.9 cm³/mol. The zero-order valence-corrected chi connectivity index (χ0v) is 14.4. The van der Waals surface area contributed by atoms with Gasteiger partial charge >= 0.3 is 6.03 Å². The lowest BCUT2D eigenvalue weighted by Gasteiger charge is -2.19. The highest BCUT2D eigenvalue weighted by atomic mass is 16.6. The van der Waals surface area contributed by atoms with Crippen LogP contribution in [0.4, 0.5) is 10.5 Å². The zero-order valence-electron chi connectivity index (χ0n) is 14.4. The van der Waals surface area contributed by atoms with Crippen LogP contribution in [0.25, 0.3) is 0 Å². The Hall–Kier alpha value is -2.89. The molecule has 0 aromatic heterocycles. The Labute approximate surface area is 147 Å². The summed E-state index contributed by atoms with van der Waals surface area (Å²) in [5.74, 6) is 2.17. The van der Waals surface area contributed by atoms with Crippen molar-refractivity contribution in [2.45, 2.75) is 13.8 Å². The van der Waals surface area contributed by atoms with Crippen LogP contribution in [0.1, 0.15) is 11.1 Å². The Kier molecular flexibility index (Phi) is 5.28. The number of rotatable bonds is 5. The Bertz CT molecular complexity index is 761. The molecule has 0 bridgehead atoms. The smallest absolute Gasteiger partial charge is 0.319 e. The molecule has 2 N–H and O–H groups in total. The fraction of sp³-hybridized carbons (Fsp3) is 0.316. The van der Waals surface area contributed by atoms with Crippen LogP contribution in [0.5, 0.6) is 17.2 Å². The summed E-state index contributed by atoms with van der Waals surface area (Å²) in [5, 5.41) is 5.53. The topological polar surface area (TPSA) is 68.8 Å². The van der Waals surface area contributed by atoms with Gasteiger partial charge in [-0.2, -0.15) is 0 Å². The lowest BCUT2D eigenvalue weighted by Crippen LogP contribution is -2.32. The maximum Gasteiger partial charge on any atom is 0.319 e. The minimum absolute atomic E-state index is 0.291. The molecule has 3 rings (SSSR count). The van der Waals surface area contributed by atoms with Gasteiger partial charge in [-0.3, -0.25) is 0 Å². The third-order valence-corrected chi connectivity index (χ3v) is 3.78. The van der Waals surface area contributed by atoms with Gasteiger partial charge in [-0.15, -0.1) is 0 Å². The number of carbonyl (C=O) groups excluding carboxylic acids is 1. The first-order chi connectivity index (χ1) is 12.1. The van der Waals surface area contributed by atoms with E-state index in [4.69, 9.17) is 14.2 Å². The molecule has 2 aromatic carbocycles. The molecule has 0 saturated carbocycles. The minimum atomic E-state index is -0.291. The number of fused-ring (bicyclic) bond motifs is 1. The van der Waals surface area contributed by atoms with E-state index < -0.39 is 0 Å². The van der Waals surface area contributed by atoms with Gasteiger partial charge in [0.2, 0.25) is 0 Å². The number of anilines is 1. The Morgan fingerprint density at radius 3 is 2.68 bits per heavy atom. The highest BCUT2D eigenvalue weighted by Crippen LogP contribution is 2.32. The SMILES string of the molecule is Cc1ccc(OCCNC(=O)Nc2ccc3c(c2)OCCO3)c(C)c1. The quantitative estimate of drug-likeness (QED) is 0.818. The predicted octanol–water partition coefficient (Wildman–Crippen LogP) is 3.28. The largest absolute Gasteiger partial charge is 0.491 e. The molecule has 2 aromatic rings. The molecule has 0 unspecified atom stereocenters. The van der Waals surface area contributed by atoms with Crippen molar-refractivity contribution in [2.75, 3.05) is 31.7 Å². The first-order valence-electron chi connectivity index (χ1n) is 8.26. The van der Waals surface area contributed by atoms with Gasteiger partial charge in [-0.05, 0) is 37.6 Å². The summed E-state index contributed by atoms with van der Waals surface area (Å²) in [7, 11) is 0. The van der Waals surface area contributed by atoms with E-state index in [9.17, 15) is 4.79 Å². The zero-order chi connectivity index (χ0) is 17.6. The lowest BCUT2D eigenvalue weighted by molar-refractivity contribution is 0.171. The first kappa shape index (κ1) is 17.0. The highest BCUT2D eigenvalue weighted by Gasteiger charge is 2.12. The van der Waals surface area contributed by atoms with Crippen molar-refractivity contribution in [1.82, 2.24) is 5.32 Å². The molecular formula is C19H22N2O4. The second-order valence-electron chi connectivity index (χ2n) is 5.86. The summed E-state index contributed by atoms with van der Waals surface area (Å²) in [6, 6.07) is 11.0. The van der Waals surface area contributed by atoms with Crippen molar-refractivity contribution in [1.29, 1.82) is 0 Å². The van der Waals surface area contributed by atoms with Gasteiger partial charge in [0.25, 0.3) is 0 Å². The summed E-state index contributed by atoms with van der Waals surface area (Å²) in [6.07, 6.45) is 0. The average Bonchev–Trinajstić information content (AvgIpc) is 2.60. The number of amides is 2. The molecule has 25 heavy (non-hydrogen) atoms. The van der Waals surface area contributed by atoms with E-state index in [1.165, 1.54) is 5.56 Å². The summed E-state index contributed by atoms with van der Waals surface area (Å²) < 4.78 is 16.6. The number of ether oxygens (including phenoxy) is 3. The number of nitrogens with one attached hydrogen (secondary N) is 2. The van der Waals surface area contributed by atoms with E-state index in [1.54, 1.807) is 18.2 Å². The number of urea groups is 1. The molecule has 2 amide bonds. The summed E-state index contributed by atoms with van der Waals surface area (Å²) >= 11 is 0. The number of benzene rings is 2. The fourth-order valence-corrected chi connectivity index (χ4v) is 2.58. The molecular weight excluding hydrogens is 320 g/mol. The van der Waals surface area contributed by atoms with E-state index >= 15 is 0 Å². The summed E-state index contributed by atoms with van der Waals surface area (Å²) in [5.41, 5.74) is 2.93. The van der Waals surface area contributed by atoms with E-state index in [0.29, 0.717) is 43.6 Å². The van der Waals surface area contributed by atoms with E-state index in [0.717, 1.165) is 11.3 Å². The van der Waals surface area contributed by atoms with Crippen LogP contribution >= 0.6 is 0 Å². The van der Waals surface area contributed by atoms with Gasteiger partial charge in [-0.1, -0.05) is 17.7 Å². The van der Waals surface area contributed by atoms with Gasteiger partial charge in [0.05, 0.1) is 6.54 Å². The molecule has 0 aliphatic carbocycles. The normalized spacial score (nSPS) is 12.4. The highest BCUT2D eigenvalue weighted by molar-refractivity contribution is 5.89. The van der Waals surface area contributed by atoms with Crippen LogP contribution in [0, 0.1) is 13.8 Å². The summed E-state index contributed by atoms with van der Waals surface area (Å²) in [4.78, 5) is 12.0. The third kappa shape index (κ3) is 4.56. The van der Waals surface area contributed by atoms with Gasteiger partial charge in [0.1, 0.15) is 25.6 Å². The maximum atomic E-state index is 12.0. The minimum Gasteiger partial charge on any atom is -0.491 e. The average molecular weight is 342 g/mol. The molecule has 0 spiro atoms. The van der Waals surface area contributed by atoms with Crippen molar-refractivity contribution in [3.05, 3.63) is 47.5 Å². The monoisotopic (exact) mass is 342 g/mol. The maximum absolute atomic E-state index is 12.0. The molecule has 0 saturated heterocycles. The third-order valence-electron chi connectivity index (χ3n) is 3.78. The lowest BCUT2D eigenvalue weighted by atomic mass is 10.1. The van der Waals surface area contributed by atoms with E-state index in [1.807, 2.05) is 26.0 Å². The molecule has 1 heterocycles. The number of hydrogen-bond donors (Lipinski definition) is 2. The van der Waals surface area contributed by atoms with Crippen molar-refractivity contribution >= 4 is 11.7 Å². The molecule has 132 valence electrons. The van der Waals surface area contributed by atoms with Crippen molar-refractivity contribution in [2.24, 2.45) is 0 Å². The number of carbonyl (C=O) groups is 1. The summed E-state index contributed by atoms with van der Waals surface area (Å²) in [6.45, 7) is 5.91. The molecule has 0 atom stereocenters. The van der Waals surface area contributed by atoms with Crippen LogP contribution in [0.15, 0.2) is 36.4 Å². The molecule has 0 radical (unpaired) electrons. The second kappa shape index (κ2) is 7.79. The Morgan fingerprint density at radius 2 is 1.88 bits per heavy atom. The van der Waals surface area contributed by atoms with Gasteiger partial charge in [0.15, 0.2) is 11.5 Å². The van der Waals surface area contributed by atoms with Crippen molar-refractivity contribution in [3.8, 4) is 17.2 Å². The van der Waals surface area contributed by atoms with Gasteiger partial charge < -0.3 is 24.8 Å². The molecule has 6 nitrogen and oxygen atoms in total. The number of hydrogen-bond acceptors (Lipinski definition) is 4.